The van der Waals surface area contributed by atoms with Gasteiger partial charge >= 0.3 is 0 Å². The first-order chi connectivity index (χ1) is 10.8. The number of rotatable bonds is 7. The average molecular weight is 315 g/mol. The molecule has 0 aliphatic heterocycles. The summed E-state index contributed by atoms with van der Waals surface area (Å²) in [6.45, 7) is 2.95. The van der Waals surface area contributed by atoms with Gasteiger partial charge in [0.2, 0.25) is 0 Å². The third kappa shape index (κ3) is 5.60. The molecule has 0 bridgehead atoms. The van der Waals surface area contributed by atoms with E-state index in [1.54, 1.807) is 0 Å². The molecule has 1 aliphatic rings. The number of unbranched alkanes of at least 4 members (excludes halogenated alkanes) is 2. The molecular formula is C18H25N3S. The number of benzene rings is 1. The summed E-state index contributed by atoms with van der Waals surface area (Å²) in [5, 5.41) is 8.25. The summed E-state index contributed by atoms with van der Waals surface area (Å²) in [7, 11) is 0. The van der Waals surface area contributed by atoms with Gasteiger partial charge in [-0.3, -0.25) is 5.43 Å². The van der Waals surface area contributed by atoms with Crippen LogP contribution in [-0.4, -0.2) is 10.8 Å². The number of allylic oxidation sites excluding steroid dienone is 2. The van der Waals surface area contributed by atoms with Crippen LogP contribution in [0.1, 0.15) is 51.0 Å². The maximum absolute atomic E-state index is 5.28. The second-order valence-electron chi connectivity index (χ2n) is 5.56. The van der Waals surface area contributed by atoms with Crippen LogP contribution in [0.4, 0.5) is 0 Å². The van der Waals surface area contributed by atoms with Crippen molar-refractivity contribution in [1.82, 2.24) is 10.7 Å². The molecule has 2 N–H and O–H groups in total. The highest BCUT2D eigenvalue weighted by atomic mass is 32.1. The molecule has 0 atom stereocenters. The van der Waals surface area contributed by atoms with Gasteiger partial charge in [0.25, 0.3) is 0 Å². The van der Waals surface area contributed by atoms with Crippen LogP contribution < -0.4 is 10.7 Å². The largest absolute Gasteiger partial charge is 0.357 e. The van der Waals surface area contributed by atoms with Crippen molar-refractivity contribution in [2.75, 3.05) is 0 Å². The van der Waals surface area contributed by atoms with Gasteiger partial charge < -0.3 is 5.32 Å². The van der Waals surface area contributed by atoms with Gasteiger partial charge in [0.1, 0.15) is 0 Å². The molecule has 1 aromatic carbocycles. The fourth-order valence-electron chi connectivity index (χ4n) is 2.54. The maximum Gasteiger partial charge on any atom is 0.187 e. The SMILES string of the molecule is CCCCCC1=CCC/C1=N\NC(=S)NCc1ccccc1. The molecule has 0 saturated carbocycles. The zero-order valence-electron chi connectivity index (χ0n) is 13.3. The lowest BCUT2D eigenvalue weighted by Crippen LogP contribution is -2.32. The number of nitrogens with one attached hydrogen (secondary N) is 2. The minimum atomic E-state index is 0.580. The summed E-state index contributed by atoms with van der Waals surface area (Å²) in [6.07, 6.45) is 9.37. The topological polar surface area (TPSA) is 36.4 Å². The second-order valence-corrected chi connectivity index (χ2v) is 5.97. The van der Waals surface area contributed by atoms with Gasteiger partial charge in [-0.2, -0.15) is 5.10 Å². The van der Waals surface area contributed by atoms with E-state index in [0.29, 0.717) is 5.11 Å². The summed E-state index contributed by atoms with van der Waals surface area (Å²) in [4.78, 5) is 0. The molecule has 118 valence electrons. The third-order valence-corrected chi connectivity index (χ3v) is 4.02. The smallest absolute Gasteiger partial charge is 0.187 e. The molecule has 0 amide bonds. The Morgan fingerprint density at radius 2 is 2.05 bits per heavy atom. The van der Waals surface area contributed by atoms with Crippen molar-refractivity contribution in [3.63, 3.8) is 0 Å². The van der Waals surface area contributed by atoms with Crippen LogP contribution in [0, 0.1) is 0 Å². The Kier molecular flexibility index (Phi) is 7.10. The second kappa shape index (κ2) is 9.36. The summed E-state index contributed by atoms with van der Waals surface area (Å²) < 4.78 is 0. The highest BCUT2D eigenvalue weighted by Crippen LogP contribution is 2.20. The van der Waals surface area contributed by atoms with Crippen LogP contribution >= 0.6 is 12.2 Å². The standard InChI is InChI=1S/C18H25N3S/c1-2-3-5-11-16-12-8-13-17(16)20-21-18(22)19-14-15-9-6-4-7-10-15/h4,6-7,9-10,12H,2-3,5,8,11,13-14H2,1H3,(H2,19,21,22)/b20-17+. The summed E-state index contributed by atoms with van der Waals surface area (Å²) >= 11 is 5.28. The van der Waals surface area contributed by atoms with E-state index in [9.17, 15) is 0 Å². The Morgan fingerprint density at radius 1 is 1.23 bits per heavy atom. The van der Waals surface area contributed by atoms with E-state index in [2.05, 4.69) is 41.0 Å². The van der Waals surface area contributed by atoms with Crippen molar-refractivity contribution in [3.8, 4) is 0 Å². The normalized spacial score (nSPS) is 15.7. The number of hydrogen-bond acceptors (Lipinski definition) is 2. The molecule has 4 heteroatoms. The molecule has 0 saturated heterocycles. The third-order valence-electron chi connectivity index (χ3n) is 3.78. The first-order valence-corrected chi connectivity index (χ1v) is 8.54. The molecule has 3 nitrogen and oxygen atoms in total. The van der Waals surface area contributed by atoms with Crippen LogP contribution in [0.15, 0.2) is 47.1 Å². The summed E-state index contributed by atoms with van der Waals surface area (Å²) in [5.74, 6) is 0. The minimum absolute atomic E-state index is 0.580. The van der Waals surface area contributed by atoms with Gasteiger partial charge in [-0.05, 0) is 49.0 Å². The molecule has 1 aliphatic carbocycles. The van der Waals surface area contributed by atoms with Gasteiger partial charge in [0, 0.05) is 6.54 Å². The predicted molar refractivity (Wildman–Crippen MR) is 97.9 cm³/mol. The molecule has 0 fully saturated rings. The number of hydrazone groups is 1. The summed E-state index contributed by atoms with van der Waals surface area (Å²) in [5.41, 5.74) is 6.75. The Bertz CT molecular complexity index is 535. The molecule has 0 heterocycles. The van der Waals surface area contributed by atoms with Crippen LogP contribution in [0.2, 0.25) is 0 Å². The molecule has 22 heavy (non-hydrogen) atoms. The molecule has 0 unspecified atom stereocenters. The zero-order valence-corrected chi connectivity index (χ0v) is 14.1. The van der Waals surface area contributed by atoms with E-state index in [-0.39, 0.29) is 0 Å². The van der Waals surface area contributed by atoms with E-state index in [1.807, 2.05) is 18.2 Å². The van der Waals surface area contributed by atoms with Crippen molar-refractivity contribution < 1.29 is 0 Å². The molecule has 0 spiro atoms. The van der Waals surface area contributed by atoms with Crippen molar-refractivity contribution >= 4 is 23.0 Å². The molecular weight excluding hydrogens is 290 g/mol. The fraction of sp³-hybridized carbons (Fsp3) is 0.444. The van der Waals surface area contributed by atoms with Gasteiger partial charge in [0.15, 0.2) is 5.11 Å². The average Bonchev–Trinajstić information content (AvgIpc) is 3.00. The van der Waals surface area contributed by atoms with E-state index in [1.165, 1.54) is 36.1 Å². The van der Waals surface area contributed by atoms with Crippen LogP contribution in [-0.2, 0) is 6.54 Å². The van der Waals surface area contributed by atoms with Crippen molar-refractivity contribution in [2.24, 2.45) is 5.10 Å². The molecule has 2 rings (SSSR count). The maximum atomic E-state index is 5.28. The molecule has 1 aromatic rings. The Hall–Kier alpha value is -1.68. The molecule has 0 aromatic heterocycles. The van der Waals surface area contributed by atoms with Gasteiger partial charge in [0.05, 0.1) is 5.71 Å². The number of thiocarbonyl (C=S) groups is 1. The number of nitrogens with zero attached hydrogens (tertiary/aromatic N) is 1. The van der Waals surface area contributed by atoms with Crippen molar-refractivity contribution in [2.45, 2.75) is 52.0 Å². The van der Waals surface area contributed by atoms with Crippen molar-refractivity contribution in [3.05, 3.63) is 47.5 Å². The lowest BCUT2D eigenvalue weighted by Gasteiger charge is -2.09. The minimum Gasteiger partial charge on any atom is -0.357 e. The fourth-order valence-corrected chi connectivity index (χ4v) is 2.65. The van der Waals surface area contributed by atoms with E-state index >= 15 is 0 Å². The van der Waals surface area contributed by atoms with E-state index < -0.39 is 0 Å². The first-order valence-electron chi connectivity index (χ1n) is 8.13. The van der Waals surface area contributed by atoms with Gasteiger partial charge in [-0.1, -0.05) is 56.2 Å². The first kappa shape index (κ1) is 16.7. The van der Waals surface area contributed by atoms with Gasteiger partial charge in [-0.15, -0.1) is 0 Å². The van der Waals surface area contributed by atoms with E-state index in [4.69, 9.17) is 12.2 Å². The predicted octanol–water partition coefficient (Wildman–Crippen LogP) is 4.31. The summed E-state index contributed by atoms with van der Waals surface area (Å²) in [6, 6.07) is 10.2. The Morgan fingerprint density at radius 3 is 2.82 bits per heavy atom. The molecule has 0 radical (unpaired) electrons. The lowest BCUT2D eigenvalue weighted by atomic mass is 10.1. The highest BCUT2D eigenvalue weighted by Gasteiger charge is 2.12. The van der Waals surface area contributed by atoms with Crippen molar-refractivity contribution in [1.29, 1.82) is 0 Å². The lowest BCUT2D eigenvalue weighted by molar-refractivity contribution is 0.722. The van der Waals surface area contributed by atoms with Crippen LogP contribution in [0.5, 0.6) is 0 Å². The zero-order chi connectivity index (χ0) is 15.6. The van der Waals surface area contributed by atoms with Crippen LogP contribution in [0.3, 0.4) is 0 Å². The quantitative estimate of drug-likeness (QED) is 0.447. The Balaban J connectivity index is 1.75. The Labute approximate surface area is 138 Å². The monoisotopic (exact) mass is 315 g/mol. The van der Waals surface area contributed by atoms with Crippen LogP contribution in [0.25, 0.3) is 0 Å². The number of hydrogen-bond donors (Lipinski definition) is 2. The van der Waals surface area contributed by atoms with Gasteiger partial charge in [-0.25, -0.2) is 0 Å². The van der Waals surface area contributed by atoms with E-state index in [0.717, 1.165) is 25.8 Å². The highest BCUT2D eigenvalue weighted by molar-refractivity contribution is 7.80.